The van der Waals surface area contributed by atoms with Gasteiger partial charge in [-0.3, -0.25) is 0 Å². The number of alkyl halides is 3. The first-order valence-electron chi connectivity index (χ1n) is 5.31. The van der Waals surface area contributed by atoms with Crippen molar-refractivity contribution < 1.29 is 13.2 Å². The van der Waals surface area contributed by atoms with E-state index in [0.29, 0.717) is 0 Å². The predicted octanol–water partition coefficient (Wildman–Crippen LogP) is 7.64. The summed E-state index contributed by atoms with van der Waals surface area (Å²) in [5.41, 5.74) is -0.587. The molecule has 1 aromatic heterocycles. The molecule has 22 heavy (non-hydrogen) atoms. The third-order valence-electron chi connectivity index (χ3n) is 2.62. The molecule has 0 saturated carbocycles. The SMILES string of the molecule is FC(F)(F)c1ccc(-c2c(Cl)c(Cl)c(Cl)c(Cl)c2Cl)c(I)n1. The van der Waals surface area contributed by atoms with E-state index in [0.717, 1.165) is 6.07 Å². The standard InChI is InChI=1S/C12H2Cl5F3IN/c13-6-5(7(14)9(16)10(17)8(6)15)3-1-2-4(12(18,19)20)22-11(3)21/h1-2H. The van der Waals surface area contributed by atoms with Crippen molar-refractivity contribution in [3.8, 4) is 11.1 Å². The summed E-state index contributed by atoms with van der Waals surface area (Å²) in [5.74, 6) is 0. The highest BCUT2D eigenvalue weighted by Crippen LogP contribution is 2.49. The fourth-order valence-corrected chi connectivity index (χ4v) is 3.67. The second-order valence-corrected chi connectivity index (χ2v) is 6.89. The molecule has 1 heterocycles. The molecule has 0 aliphatic heterocycles. The molecule has 2 aromatic rings. The summed E-state index contributed by atoms with van der Waals surface area (Å²) in [6.07, 6.45) is -4.55. The van der Waals surface area contributed by atoms with Crippen molar-refractivity contribution in [3.05, 3.63) is 46.6 Å². The molecule has 0 aliphatic carbocycles. The average Bonchev–Trinajstić information content (AvgIpc) is 2.43. The smallest absolute Gasteiger partial charge is 0.237 e. The summed E-state index contributed by atoms with van der Waals surface area (Å²) in [6.45, 7) is 0. The summed E-state index contributed by atoms with van der Waals surface area (Å²) >= 11 is 31.6. The number of halogens is 9. The molecule has 0 spiro atoms. The Morgan fingerprint density at radius 1 is 0.818 bits per heavy atom. The first-order chi connectivity index (χ1) is 10.1. The number of benzene rings is 1. The molecule has 0 fully saturated rings. The minimum Gasteiger partial charge on any atom is -0.237 e. The van der Waals surface area contributed by atoms with Crippen LogP contribution in [0.5, 0.6) is 0 Å². The second kappa shape index (κ2) is 6.69. The van der Waals surface area contributed by atoms with Crippen LogP contribution in [0.2, 0.25) is 25.1 Å². The van der Waals surface area contributed by atoms with Crippen molar-refractivity contribution in [2.24, 2.45) is 0 Å². The number of rotatable bonds is 1. The van der Waals surface area contributed by atoms with Gasteiger partial charge in [0.25, 0.3) is 0 Å². The Balaban J connectivity index is 2.74. The molecule has 10 heteroatoms. The van der Waals surface area contributed by atoms with E-state index in [1.54, 1.807) is 22.6 Å². The Bertz CT molecular complexity index is 734. The summed E-state index contributed by atoms with van der Waals surface area (Å²) in [6, 6.07) is 2.02. The molecule has 1 nitrogen and oxygen atoms in total. The van der Waals surface area contributed by atoms with Crippen LogP contribution in [-0.2, 0) is 6.18 Å². The van der Waals surface area contributed by atoms with E-state index >= 15 is 0 Å². The van der Waals surface area contributed by atoms with Crippen LogP contribution in [0.15, 0.2) is 12.1 Å². The molecule has 0 radical (unpaired) electrons. The van der Waals surface area contributed by atoms with Gasteiger partial charge >= 0.3 is 6.18 Å². The summed E-state index contributed by atoms with van der Waals surface area (Å²) in [5, 5.41) is -0.134. The summed E-state index contributed by atoms with van der Waals surface area (Å²) in [4.78, 5) is 3.51. The maximum absolute atomic E-state index is 12.7. The topological polar surface area (TPSA) is 12.9 Å². The lowest BCUT2D eigenvalue weighted by atomic mass is 10.1. The van der Waals surface area contributed by atoms with Crippen LogP contribution in [0.25, 0.3) is 11.1 Å². The van der Waals surface area contributed by atoms with Crippen molar-refractivity contribution in [2.75, 3.05) is 0 Å². The largest absolute Gasteiger partial charge is 0.433 e. The predicted molar refractivity (Wildman–Crippen MR) is 92.4 cm³/mol. The maximum Gasteiger partial charge on any atom is 0.433 e. The summed E-state index contributed by atoms with van der Waals surface area (Å²) in [7, 11) is 0. The van der Waals surface area contributed by atoms with Crippen molar-refractivity contribution in [2.45, 2.75) is 6.18 Å². The zero-order valence-corrected chi connectivity index (χ0v) is 15.9. The van der Waals surface area contributed by atoms with Gasteiger partial charge in [0.1, 0.15) is 9.39 Å². The van der Waals surface area contributed by atoms with Crippen LogP contribution in [0.3, 0.4) is 0 Å². The van der Waals surface area contributed by atoms with Crippen LogP contribution >= 0.6 is 80.6 Å². The monoisotopic (exact) mass is 519 g/mol. The average molecular weight is 521 g/mol. The molecular formula is C12H2Cl5F3IN. The van der Waals surface area contributed by atoms with Gasteiger partial charge in [-0.1, -0.05) is 58.0 Å². The maximum atomic E-state index is 12.7. The highest BCUT2D eigenvalue weighted by Gasteiger charge is 2.33. The Morgan fingerprint density at radius 2 is 1.27 bits per heavy atom. The lowest BCUT2D eigenvalue weighted by Crippen LogP contribution is -2.09. The van der Waals surface area contributed by atoms with Crippen LogP contribution in [0.1, 0.15) is 5.69 Å². The van der Waals surface area contributed by atoms with Gasteiger partial charge in [-0.15, -0.1) is 0 Å². The van der Waals surface area contributed by atoms with Gasteiger partial charge < -0.3 is 0 Å². The quantitative estimate of drug-likeness (QED) is 0.163. The normalized spacial score (nSPS) is 11.9. The van der Waals surface area contributed by atoms with E-state index in [9.17, 15) is 13.2 Å². The first-order valence-corrected chi connectivity index (χ1v) is 8.28. The Morgan fingerprint density at radius 3 is 1.68 bits per heavy atom. The van der Waals surface area contributed by atoms with Gasteiger partial charge in [-0.2, -0.15) is 13.2 Å². The zero-order chi connectivity index (χ0) is 16.8. The molecule has 0 amide bonds. The van der Waals surface area contributed by atoms with Crippen LogP contribution < -0.4 is 0 Å². The van der Waals surface area contributed by atoms with E-state index in [1.807, 2.05) is 0 Å². The molecular weight excluding hydrogens is 519 g/mol. The number of hydrogen-bond acceptors (Lipinski definition) is 1. The third kappa shape index (κ3) is 3.39. The Kier molecular flexibility index (Phi) is 5.68. The summed E-state index contributed by atoms with van der Waals surface area (Å²) < 4.78 is 38.0. The molecule has 0 aliphatic rings. The van der Waals surface area contributed by atoms with Gasteiger partial charge in [0, 0.05) is 11.1 Å². The molecule has 0 bridgehead atoms. The van der Waals surface area contributed by atoms with Crippen LogP contribution in [0.4, 0.5) is 13.2 Å². The van der Waals surface area contributed by atoms with Crippen molar-refractivity contribution in [1.82, 2.24) is 4.98 Å². The number of pyridine rings is 1. The van der Waals surface area contributed by atoms with Gasteiger partial charge in [0.15, 0.2) is 0 Å². The molecule has 1 aromatic carbocycles. The van der Waals surface area contributed by atoms with Gasteiger partial charge in [-0.25, -0.2) is 4.98 Å². The minimum absolute atomic E-state index is 0.0134. The van der Waals surface area contributed by atoms with Gasteiger partial charge in [-0.05, 0) is 34.7 Å². The molecule has 0 atom stereocenters. The van der Waals surface area contributed by atoms with Gasteiger partial charge in [0.2, 0.25) is 0 Å². The van der Waals surface area contributed by atoms with E-state index in [1.165, 1.54) is 6.07 Å². The lowest BCUT2D eigenvalue weighted by molar-refractivity contribution is -0.141. The molecule has 0 N–H and O–H groups in total. The van der Waals surface area contributed by atoms with E-state index < -0.39 is 11.9 Å². The molecule has 2 rings (SSSR count). The highest BCUT2D eigenvalue weighted by molar-refractivity contribution is 14.1. The lowest BCUT2D eigenvalue weighted by Gasteiger charge is -2.14. The van der Waals surface area contributed by atoms with Crippen molar-refractivity contribution in [3.63, 3.8) is 0 Å². The van der Waals surface area contributed by atoms with Gasteiger partial charge in [0.05, 0.1) is 25.1 Å². The van der Waals surface area contributed by atoms with Crippen molar-refractivity contribution in [1.29, 1.82) is 0 Å². The number of nitrogens with zero attached hydrogens (tertiary/aromatic N) is 1. The van der Waals surface area contributed by atoms with Crippen LogP contribution in [-0.4, -0.2) is 4.98 Å². The Hall–Kier alpha value is 0.340. The second-order valence-electron chi connectivity index (χ2n) is 3.98. The van der Waals surface area contributed by atoms with E-state index in [4.69, 9.17) is 58.0 Å². The van der Waals surface area contributed by atoms with Crippen LogP contribution in [0, 0.1) is 3.70 Å². The fourth-order valence-electron chi connectivity index (χ4n) is 1.62. The third-order valence-corrected chi connectivity index (χ3v) is 5.72. The number of hydrogen-bond donors (Lipinski definition) is 0. The Labute approximate surface area is 161 Å². The minimum atomic E-state index is -4.55. The number of aromatic nitrogens is 1. The molecule has 118 valence electrons. The van der Waals surface area contributed by atoms with E-state index in [2.05, 4.69) is 4.98 Å². The van der Waals surface area contributed by atoms with Crippen molar-refractivity contribution >= 4 is 80.6 Å². The molecule has 0 unspecified atom stereocenters. The first kappa shape index (κ1) is 18.7. The fraction of sp³-hybridized carbons (Fsp3) is 0.0833. The highest BCUT2D eigenvalue weighted by atomic mass is 127. The zero-order valence-electron chi connectivity index (χ0n) is 10.0. The molecule has 0 saturated heterocycles. The van der Waals surface area contributed by atoms with E-state index in [-0.39, 0.29) is 39.9 Å².